The maximum Gasteiger partial charge on any atom is 0.220 e. The van der Waals surface area contributed by atoms with Crippen molar-refractivity contribution in [3.63, 3.8) is 0 Å². The van der Waals surface area contributed by atoms with Gasteiger partial charge in [0.25, 0.3) is 0 Å². The van der Waals surface area contributed by atoms with E-state index >= 15 is 0 Å². The van der Waals surface area contributed by atoms with Crippen LogP contribution in [0.1, 0.15) is 258 Å². The molecule has 0 aromatic carbocycles. The molecule has 0 fully saturated rings. The van der Waals surface area contributed by atoms with E-state index in [0.29, 0.717) is 12.8 Å². The van der Waals surface area contributed by atoms with Crippen LogP contribution >= 0.6 is 0 Å². The summed E-state index contributed by atoms with van der Waals surface area (Å²) in [6.07, 6.45) is 53.0. The van der Waals surface area contributed by atoms with Gasteiger partial charge >= 0.3 is 0 Å². The Hall–Kier alpha value is -0.870. The first-order chi connectivity index (χ1) is 24.7. The minimum atomic E-state index is -0.677. The van der Waals surface area contributed by atoms with Crippen molar-refractivity contribution >= 4 is 5.91 Å². The summed E-state index contributed by atoms with van der Waals surface area (Å²) in [6, 6.07) is -0.547. The van der Waals surface area contributed by atoms with Crippen molar-refractivity contribution in [3.05, 3.63) is 12.2 Å². The van der Waals surface area contributed by atoms with E-state index in [4.69, 9.17) is 0 Å². The van der Waals surface area contributed by atoms with Gasteiger partial charge in [-0.1, -0.05) is 225 Å². The monoisotopic (exact) mass is 706 g/mol. The number of aliphatic hydroxyl groups excluding tert-OH is 2. The number of carbonyl (C=O) groups excluding carboxylic acids is 1. The van der Waals surface area contributed by atoms with E-state index in [9.17, 15) is 15.0 Å². The molecule has 4 heteroatoms. The van der Waals surface area contributed by atoms with Gasteiger partial charge in [-0.2, -0.15) is 0 Å². The molecule has 0 aromatic heterocycles. The number of aliphatic hydroxyl groups is 2. The van der Waals surface area contributed by atoms with Gasteiger partial charge in [0, 0.05) is 6.42 Å². The molecule has 4 nitrogen and oxygen atoms in total. The van der Waals surface area contributed by atoms with Crippen LogP contribution in [0, 0.1) is 0 Å². The number of rotatable bonds is 42. The maximum atomic E-state index is 12.4. The number of carbonyl (C=O) groups is 1. The Bertz CT molecular complexity index is 680. The summed E-state index contributed by atoms with van der Waals surface area (Å²) in [4.78, 5) is 12.4. The average molecular weight is 706 g/mol. The van der Waals surface area contributed by atoms with Crippen LogP contribution in [0.5, 0.6) is 0 Å². The first-order valence-electron chi connectivity index (χ1n) is 22.9. The standard InChI is InChI=1S/C46H91NO3/c1-3-5-7-9-11-13-15-17-19-21-22-23-24-25-26-28-30-32-34-36-38-40-42-46(50)47-44(43-48)45(49)41-39-37-35-33-31-29-27-20-18-16-14-12-10-8-6-4-2/h31,33,44-45,48-49H,3-30,32,34-43H2,1-2H3,(H,47,50)/b33-31+/t44-,45+/m0/s1. The second-order valence-corrected chi connectivity index (χ2v) is 15.8. The fourth-order valence-corrected chi connectivity index (χ4v) is 7.24. The Morgan fingerprint density at radius 1 is 0.460 bits per heavy atom. The Labute approximate surface area is 314 Å². The normalized spacial score (nSPS) is 13.0. The molecule has 0 heterocycles. The van der Waals surface area contributed by atoms with E-state index in [2.05, 4.69) is 31.3 Å². The molecule has 50 heavy (non-hydrogen) atoms. The lowest BCUT2D eigenvalue weighted by molar-refractivity contribution is -0.123. The summed E-state index contributed by atoms with van der Waals surface area (Å²) in [7, 11) is 0. The number of unbranched alkanes of at least 4 members (excludes halogenated alkanes) is 33. The quantitative estimate of drug-likeness (QED) is 0.0437. The Kier molecular flexibility index (Phi) is 41.8. The molecule has 0 aliphatic heterocycles. The molecule has 0 unspecified atom stereocenters. The van der Waals surface area contributed by atoms with Gasteiger partial charge in [-0.3, -0.25) is 4.79 Å². The molecule has 0 aliphatic carbocycles. The van der Waals surface area contributed by atoms with Gasteiger partial charge in [-0.05, 0) is 38.5 Å². The lowest BCUT2D eigenvalue weighted by atomic mass is 10.0. The van der Waals surface area contributed by atoms with Gasteiger partial charge in [0.15, 0.2) is 0 Å². The molecule has 3 N–H and O–H groups in total. The molecule has 2 atom stereocenters. The topological polar surface area (TPSA) is 69.6 Å². The predicted molar refractivity (Wildman–Crippen MR) is 221 cm³/mol. The molecule has 0 aromatic rings. The zero-order valence-electron chi connectivity index (χ0n) is 34.2. The Balaban J connectivity index is 3.49. The van der Waals surface area contributed by atoms with E-state index in [1.54, 1.807) is 0 Å². The number of allylic oxidation sites excluding steroid dienone is 2. The van der Waals surface area contributed by atoms with Crippen LogP contribution in [0.4, 0.5) is 0 Å². The van der Waals surface area contributed by atoms with E-state index in [1.807, 2.05) is 0 Å². The molecule has 0 radical (unpaired) electrons. The van der Waals surface area contributed by atoms with Crippen molar-refractivity contribution in [1.29, 1.82) is 0 Å². The van der Waals surface area contributed by atoms with Crippen molar-refractivity contribution in [3.8, 4) is 0 Å². The number of hydrogen-bond acceptors (Lipinski definition) is 3. The zero-order valence-corrected chi connectivity index (χ0v) is 34.2. The maximum absolute atomic E-state index is 12.4. The van der Waals surface area contributed by atoms with Crippen LogP contribution in [0.25, 0.3) is 0 Å². The summed E-state index contributed by atoms with van der Waals surface area (Å²) < 4.78 is 0. The van der Waals surface area contributed by atoms with Gasteiger partial charge in [-0.15, -0.1) is 0 Å². The highest BCUT2D eigenvalue weighted by molar-refractivity contribution is 5.76. The third-order valence-corrected chi connectivity index (χ3v) is 10.8. The van der Waals surface area contributed by atoms with E-state index in [0.717, 1.165) is 32.1 Å². The highest BCUT2D eigenvalue weighted by Crippen LogP contribution is 2.16. The molecule has 298 valence electrons. The first-order valence-corrected chi connectivity index (χ1v) is 22.9. The average Bonchev–Trinajstić information content (AvgIpc) is 3.12. The van der Waals surface area contributed by atoms with Crippen LogP contribution in [0.15, 0.2) is 12.2 Å². The van der Waals surface area contributed by atoms with Gasteiger partial charge in [0.1, 0.15) is 0 Å². The van der Waals surface area contributed by atoms with Gasteiger partial charge in [0.05, 0.1) is 18.8 Å². The molecule has 1 amide bonds. The van der Waals surface area contributed by atoms with Crippen molar-refractivity contribution in [2.24, 2.45) is 0 Å². The third-order valence-electron chi connectivity index (χ3n) is 10.8. The lowest BCUT2D eigenvalue weighted by Gasteiger charge is -2.22. The van der Waals surface area contributed by atoms with Crippen molar-refractivity contribution in [2.75, 3.05) is 6.61 Å². The smallest absolute Gasteiger partial charge is 0.220 e. The molecule has 0 spiro atoms. The summed E-state index contributed by atoms with van der Waals surface area (Å²) in [6.45, 7) is 4.37. The summed E-state index contributed by atoms with van der Waals surface area (Å²) in [5, 5.41) is 23.2. The van der Waals surface area contributed by atoms with Crippen LogP contribution in [0.3, 0.4) is 0 Å². The fourth-order valence-electron chi connectivity index (χ4n) is 7.24. The van der Waals surface area contributed by atoms with Crippen molar-refractivity contribution in [1.82, 2.24) is 5.32 Å². The second kappa shape index (κ2) is 42.5. The largest absolute Gasteiger partial charge is 0.394 e. The molecule has 0 rings (SSSR count). The summed E-state index contributed by atoms with van der Waals surface area (Å²) >= 11 is 0. The van der Waals surface area contributed by atoms with Gasteiger partial charge < -0.3 is 15.5 Å². The van der Waals surface area contributed by atoms with Crippen LogP contribution in [-0.4, -0.2) is 34.9 Å². The third kappa shape index (κ3) is 38.4. The van der Waals surface area contributed by atoms with Gasteiger partial charge in [-0.25, -0.2) is 0 Å². The van der Waals surface area contributed by atoms with Crippen molar-refractivity contribution < 1.29 is 15.0 Å². The van der Waals surface area contributed by atoms with Gasteiger partial charge in [0.2, 0.25) is 5.91 Å². The predicted octanol–water partition coefficient (Wildman–Crippen LogP) is 14.2. The zero-order chi connectivity index (χ0) is 36.4. The molecule has 0 saturated carbocycles. The van der Waals surface area contributed by atoms with Crippen LogP contribution in [0.2, 0.25) is 0 Å². The second-order valence-electron chi connectivity index (χ2n) is 15.8. The molecular weight excluding hydrogens is 615 g/mol. The Morgan fingerprint density at radius 3 is 1.10 bits per heavy atom. The molecule has 0 saturated heterocycles. The highest BCUT2D eigenvalue weighted by Gasteiger charge is 2.19. The Morgan fingerprint density at radius 2 is 0.760 bits per heavy atom. The number of amides is 1. The molecule has 0 bridgehead atoms. The molecular formula is C46H91NO3. The van der Waals surface area contributed by atoms with Crippen molar-refractivity contribution in [2.45, 2.75) is 270 Å². The summed E-state index contributed by atoms with van der Waals surface area (Å²) in [5.74, 6) is -0.0360. The molecule has 0 aliphatic rings. The fraction of sp³-hybridized carbons (Fsp3) is 0.935. The van der Waals surface area contributed by atoms with Crippen LogP contribution < -0.4 is 5.32 Å². The number of nitrogens with one attached hydrogen (secondary N) is 1. The van der Waals surface area contributed by atoms with E-state index < -0.39 is 12.1 Å². The SMILES string of the molecule is CCCCCCCCCCCC/C=C/CCCC[C@@H](O)[C@H](CO)NC(=O)CCCCCCCCCCCCCCCCCCCCCCCC. The van der Waals surface area contributed by atoms with E-state index in [1.165, 1.54) is 199 Å². The minimum Gasteiger partial charge on any atom is -0.394 e. The minimum absolute atomic E-state index is 0.0360. The highest BCUT2D eigenvalue weighted by atomic mass is 16.3. The summed E-state index contributed by atoms with van der Waals surface area (Å²) in [5.41, 5.74) is 0. The number of hydrogen-bond donors (Lipinski definition) is 3. The first kappa shape index (κ1) is 49.1. The van der Waals surface area contributed by atoms with E-state index in [-0.39, 0.29) is 12.5 Å². The van der Waals surface area contributed by atoms with Crippen LogP contribution in [-0.2, 0) is 4.79 Å². The lowest BCUT2D eigenvalue weighted by Crippen LogP contribution is -2.45.